The van der Waals surface area contributed by atoms with Gasteiger partial charge in [-0.2, -0.15) is 0 Å². The van der Waals surface area contributed by atoms with Crippen molar-refractivity contribution in [3.05, 3.63) is 0 Å². The van der Waals surface area contributed by atoms with E-state index in [2.05, 4.69) is 5.32 Å². The van der Waals surface area contributed by atoms with Gasteiger partial charge in [0.15, 0.2) is 0 Å². The van der Waals surface area contributed by atoms with Crippen molar-refractivity contribution in [3.8, 4) is 0 Å². The number of nitrogens with zero attached hydrogens (tertiary/aromatic N) is 1. The van der Waals surface area contributed by atoms with E-state index < -0.39 is 24.1 Å². The number of hydrogen-bond acceptors (Lipinski definition) is 3. The van der Waals surface area contributed by atoms with E-state index in [9.17, 15) is 14.7 Å². The molecule has 0 bridgehead atoms. The van der Waals surface area contributed by atoms with Crippen LogP contribution in [0.15, 0.2) is 0 Å². The van der Waals surface area contributed by atoms with E-state index in [-0.39, 0.29) is 19.0 Å². The molecule has 3 N–H and O–H groups in total. The molecule has 18 heavy (non-hydrogen) atoms. The maximum atomic E-state index is 12.0. The highest BCUT2D eigenvalue weighted by Crippen LogP contribution is 2.18. The van der Waals surface area contributed by atoms with Gasteiger partial charge in [0.2, 0.25) is 0 Å². The van der Waals surface area contributed by atoms with Crippen molar-refractivity contribution >= 4 is 12.0 Å². The van der Waals surface area contributed by atoms with Crippen LogP contribution in [-0.2, 0) is 4.79 Å². The predicted octanol–water partition coefficient (Wildman–Crippen LogP) is 0.650. The number of amides is 2. The Balaban J connectivity index is 2.63. The number of rotatable bonds is 4. The number of carbonyl (C=O) groups excluding carboxylic acids is 1. The molecule has 1 aliphatic rings. The van der Waals surface area contributed by atoms with Crippen LogP contribution in [0.5, 0.6) is 0 Å². The zero-order valence-corrected chi connectivity index (χ0v) is 11.1. The molecule has 104 valence electrons. The standard InChI is InChI=1S/C12H22N2O4/c1-4-7(2)8(3)13-12(18)14-6-9(15)5-10(14)11(16)17/h7-10,15H,4-6H2,1-3H3,(H,13,18)(H,16,17)/t7?,8?,9-,10+/m1/s1. The molecule has 1 rings (SSSR count). The average molecular weight is 258 g/mol. The molecule has 0 aliphatic carbocycles. The fourth-order valence-electron chi connectivity index (χ4n) is 2.05. The van der Waals surface area contributed by atoms with Gasteiger partial charge in [-0.3, -0.25) is 0 Å². The Morgan fingerprint density at radius 1 is 1.44 bits per heavy atom. The van der Waals surface area contributed by atoms with Gasteiger partial charge in [0.1, 0.15) is 6.04 Å². The topological polar surface area (TPSA) is 89.9 Å². The fraction of sp³-hybridized carbons (Fsp3) is 0.833. The average Bonchev–Trinajstić information content (AvgIpc) is 2.70. The van der Waals surface area contributed by atoms with Gasteiger partial charge in [-0.25, -0.2) is 9.59 Å². The summed E-state index contributed by atoms with van der Waals surface area (Å²) in [6.45, 7) is 6.04. The number of aliphatic carboxylic acids is 1. The van der Waals surface area contributed by atoms with Crippen molar-refractivity contribution in [2.24, 2.45) is 5.92 Å². The van der Waals surface area contributed by atoms with Crippen molar-refractivity contribution in [1.82, 2.24) is 10.2 Å². The van der Waals surface area contributed by atoms with Gasteiger partial charge in [0.25, 0.3) is 0 Å². The predicted molar refractivity (Wildman–Crippen MR) is 66.2 cm³/mol. The molecule has 2 amide bonds. The quantitative estimate of drug-likeness (QED) is 0.690. The number of aliphatic hydroxyl groups is 1. The lowest BCUT2D eigenvalue weighted by atomic mass is 10.0. The Morgan fingerprint density at radius 3 is 2.56 bits per heavy atom. The summed E-state index contributed by atoms with van der Waals surface area (Å²) in [5.74, 6) is -0.748. The number of likely N-dealkylation sites (tertiary alicyclic amines) is 1. The number of carboxylic acids is 1. The first-order valence-corrected chi connectivity index (χ1v) is 6.34. The molecular formula is C12H22N2O4. The monoisotopic (exact) mass is 258 g/mol. The normalized spacial score (nSPS) is 26.8. The molecule has 2 unspecified atom stereocenters. The molecule has 6 nitrogen and oxygen atoms in total. The van der Waals surface area contributed by atoms with Gasteiger partial charge in [-0.1, -0.05) is 20.3 Å². The van der Waals surface area contributed by atoms with Gasteiger partial charge in [-0.05, 0) is 12.8 Å². The highest BCUT2D eigenvalue weighted by Gasteiger charge is 2.39. The fourth-order valence-corrected chi connectivity index (χ4v) is 2.05. The SMILES string of the molecule is CCC(C)C(C)NC(=O)N1C[C@H](O)C[C@H]1C(=O)O. The molecule has 0 saturated carbocycles. The second-order valence-electron chi connectivity index (χ2n) is 5.02. The van der Waals surface area contributed by atoms with E-state index in [1.54, 1.807) is 0 Å². The van der Waals surface area contributed by atoms with Crippen LogP contribution in [0.3, 0.4) is 0 Å². The van der Waals surface area contributed by atoms with Crippen molar-refractivity contribution in [2.75, 3.05) is 6.54 Å². The van der Waals surface area contributed by atoms with E-state index in [0.29, 0.717) is 5.92 Å². The Labute approximate surface area is 107 Å². The van der Waals surface area contributed by atoms with E-state index in [0.717, 1.165) is 6.42 Å². The summed E-state index contributed by atoms with van der Waals surface area (Å²) in [4.78, 5) is 24.2. The molecule has 4 atom stereocenters. The summed E-state index contributed by atoms with van der Waals surface area (Å²) >= 11 is 0. The van der Waals surface area contributed by atoms with Crippen LogP contribution in [0.2, 0.25) is 0 Å². The lowest BCUT2D eigenvalue weighted by Gasteiger charge is -2.26. The molecular weight excluding hydrogens is 236 g/mol. The largest absolute Gasteiger partial charge is 0.480 e. The molecule has 1 heterocycles. The number of urea groups is 1. The number of nitrogens with one attached hydrogen (secondary N) is 1. The van der Waals surface area contributed by atoms with E-state index in [4.69, 9.17) is 5.11 Å². The highest BCUT2D eigenvalue weighted by atomic mass is 16.4. The van der Waals surface area contributed by atoms with E-state index in [1.165, 1.54) is 4.90 Å². The minimum atomic E-state index is -1.07. The molecule has 0 spiro atoms. The van der Waals surface area contributed by atoms with E-state index >= 15 is 0 Å². The Morgan fingerprint density at radius 2 is 2.06 bits per heavy atom. The van der Waals surface area contributed by atoms with Gasteiger partial charge in [-0.15, -0.1) is 0 Å². The van der Waals surface area contributed by atoms with Crippen molar-refractivity contribution in [1.29, 1.82) is 0 Å². The van der Waals surface area contributed by atoms with Crippen LogP contribution in [0.25, 0.3) is 0 Å². The zero-order valence-electron chi connectivity index (χ0n) is 11.1. The molecule has 1 saturated heterocycles. The van der Waals surface area contributed by atoms with Crippen molar-refractivity contribution in [2.45, 2.75) is 51.8 Å². The summed E-state index contributed by atoms with van der Waals surface area (Å²) in [6, 6.07) is -1.36. The van der Waals surface area contributed by atoms with Crippen LogP contribution >= 0.6 is 0 Å². The van der Waals surface area contributed by atoms with Crippen molar-refractivity contribution in [3.63, 3.8) is 0 Å². The first-order valence-electron chi connectivity index (χ1n) is 6.34. The number of aliphatic hydroxyl groups excluding tert-OH is 1. The second-order valence-corrected chi connectivity index (χ2v) is 5.02. The summed E-state index contributed by atoms with van der Waals surface area (Å²) < 4.78 is 0. The maximum Gasteiger partial charge on any atom is 0.326 e. The summed E-state index contributed by atoms with van der Waals surface area (Å²) in [5.41, 5.74) is 0. The summed E-state index contributed by atoms with van der Waals surface area (Å²) in [7, 11) is 0. The van der Waals surface area contributed by atoms with E-state index in [1.807, 2.05) is 20.8 Å². The third-order valence-corrected chi connectivity index (χ3v) is 3.67. The third kappa shape index (κ3) is 3.35. The molecule has 6 heteroatoms. The number of hydrogen-bond donors (Lipinski definition) is 3. The third-order valence-electron chi connectivity index (χ3n) is 3.67. The second kappa shape index (κ2) is 6.04. The summed E-state index contributed by atoms with van der Waals surface area (Å²) in [6.07, 6.45) is 0.281. The van der Waals surface area contributed by atoms with Crippen LogP contribution in [0, 0.1) is 5.92 Å². The lowest BCUT2D eigenvalue weighted by Crippen LogP contribution is -2.49. The van der Waals surface area contributed by atoms with Gasteiger partial charge >= 0.3 is 12.0 Å². The first kappa shape index (κ1) is 14.8. The molecule has 0 radical (unpaired) electrons. The molecule has 0 aromatic carbocycles. The van der Waals surface area contributed by atoms with Crippen LogP contribution in [0.4, 0.5) is 4.79 Å². The Kier molecular flexibility index (Phi) is 4.95. The number of carboxylic acid groups (broad SMARTS) is 1. The minimum absolute atomic E-state index is 0.0188. The van der Waals surface area contributed by atoms with Gasteiger partial charge in [0.05, 0.1) is 6.10 Å². The highest BCUT2D eigenvalue weighted by molar-refractivity contribution is 5.83. The lowest BCUT2D eigenvalue weighted by molar-refractivity contribution is -0.141. The molecule has 1 aliphatic heterocycles. The number of carbonyl (C=O) groups is 2. The van der Waals surface area contributed by atoms with Gasteiger partial charge in [0, 0.05) is 19.0 Å². The molecule has 1 fully saturated rings. The molecule has 0 aromatic rings. The zero-order chi connectivity index (χ0) is 13.9. The molecule has 0 aromatic heterocycles. The van der Waals surface area contributed by atoms with Gasteiger partial charge < -0.3 is 20.4 Å². The Hall–Kier alpha value is -1.30. The minimum Gasteiger partial charge on any atom is -0.480 e. The summed E-state index contributed by atoms with van der Waals surface area (Å²) in [5, 5.41) is 21.3. The Bertz CT molecular complexity index is 321. The smallest absolute Gasteiger partial charge is 0.326 e. The van der Waals surface area contributed by atoms with Crippen molar-refractivity contribution < 1.29 is 19.8 Å². The first-order chi connectivity index (χ1) is 8.36. The van der Waals surface area contributed by atoms with Crippen LogP contribution in [-0.4, -0.2) is 51.8 Å². The van der Waals surface area contributed by atoms with Crippen LogP contribution in [0.1, 0.15) is 33.6 Å². The van der Waals surface area contributed by atoms with Crippen LogP contribution < -0.4 is 5.32 Å². The number of β-amino-alcohol motifs (C(OH)–C–C–N with tert-alkyl or cyclic N) is 1. The maximum absolute atomic E-state index is 12.0.